The SMILES string of the molecule is CC(=O)N1[C@@H](c2cnc(C)c(-c3ccccc3)c2)CC=C(C)[C@H]1c1ccccc1. The molecule has 1 amide bonds. The van der Waals surface area contributed by atoms with E-state index in [2.05, 4.69) is 48.3 Å². The van der Waals surface area contributed by atoms with Gasteiger partial charge in [0.1, 0.15) is 0 Å². The lowest BCUT2D eigenvalue weighted by molar-refractivity contribution is -0.133. The van der Waals surface area contributed by atoms with Gasteiger partial charge in [0.05, 0.1) is 12.1 Å². The summed E-state index contributed by atoms with van der Waals surface area (Å²) in [4.78, 5) is 19.5. The quantitative estimate of drug-likeness (QED) is 0.518. The Bertz CT molecular complexity index is 1040. The first-order valence-corrected chi connectivity index (χ1v) is 10.1. The minimum absolute atomic E-state index is 0.0306. The molecule has 1 aliphatic rings. The van der Waals surface area contributed by atoms with Gasteiger partial charge in [-0.3, -0.25) is 9.78 Å². The number of aryl methyl sites for hydroxylation is 1. The van der Waals surface area contributed by atoms with Crippen molar-refractivity contribution in [3.05, 3.63) is 101 Å². The first-order chi connectivity index (χ1) is 14.1. The van der Waals surface area contributed by atoms with Gasteiger partial charge in [0.15, 0.2) is 0 Å². The Morgan fingerprint density at radius 3 is 2.28 bits per heavy atom. The normalized spacial score (nSPS) is 19.0. The first kappa shape index (κ1) is 19.1. The van der Waals surface area contributed by atoms with Gasteiger partial charge >= 0.3 is 0 Å². The van der Waals surface area contributed by atoms with E-state index in [0.29, 0.717) is 0 Å². The highest BCUT2D eigenvalue weighted by molar-refractivity contribution is 5.76. The summed E-state index contributed by atoms with van der Waals surface area (Å²) < 4.78 is 0. The van der Waals surface area contributed by atoms with Crippen LogP contribution in [0.5, 0.6) is 0 Å². The Hall–Kier alpha value is -3.20. The third kappa shape index (κ3) is 3.73. The molecule has 0 saturated carbocycles. The third-order valence-electron chi connectivity index (χ3n) is 5.76. The van der Waals surface area contributed by atoms with Gasteiger partial charge in [0, 0.05) is 24.4 Å². The minimum atomic E-state index is -0.0473. The lowest BCUT2D eigenvalue weighted by Crippen LogP contribution is -2.39. The maximum atomic E-state index is 12.8. The summed E-state index contributed by atoms with van der Waals surface area (Å²) in [7, 11) is 0. The van der Waals surface area contributed by atoms with Crippen LogP contribution in [0.3, 0.4) is 0 Å². The van der Waals surface area contributed by atoms with E-state index >= 15 is 0 Å². The zero-order chi connectivity index (χ0) is 20.4. The average Bonchev–Trinajstić information content (AvgIpc) is 2.75. The molecular formula is C26H26N2O. The smallest absolute Gasteiger partial charge is 0.220 e. The third-order valence-corrected chi connectivity index (χ3v) is 5.76. The van der Waals surface area contributed by atoms with Crippen LogP contribution in [0, 0.1) is 6.92 Å². The van der Waals surface area contributed by atoms with Gasteiger partial charge in [-0.25, -0.2) is 0 Å². The van der Waals surface area contributed by atoms with E-state index in [9.17, 15) is 4.79 Å². The Morgan fingerprint density at radius 2 is 1.62 bits per heavy atom. The highest BCUT2D eigenvalue weighted by Gasteiger charge is 2.34. The van der Waals surface area contributed by atoms with E-state index in [1.807, 2.05) is 54.4 Å². The van der Waals surface area contributed by atoms with Gasteiger partial charge in [-0.05, 0) is 43.0 Å². The van der Waals surface area contributed by atoms with Crippen LogP contribution in [-0.4, -0.2) is 15.8 Å². The van der Waals surface area contributed by atoms with Crippen molar-refractivity contribution >= 4 is 5.91 Å². The molecule has 0 saturated heterocycles. The maximum Gasteiger partial charge on any atom is 0.220 e. The van der Waals surface area contributed by atoms with E-state index in [-0.39, 0.29) is 18.0 Å². The fraction of sp³-hybridized carbons (Fsp3) is 0.231. The summed E-state index contributed by atoms with van der Waals surface area (Å²) in [5.74, 6) is 0.0816. The number of benzene rings is 2. The first-order valence-electron chi connectivity index (χ1n) is 10.1. The lowest BCUT2D eigenvalue weighted by Gasteiger charge is -2.42. The number of pyridine rings is 1. The Labute approximate surface area is 172 Å². The van der Waals surface area contributed by atoms with Gasteiger partial charge < -0.3 is 4.90 Å². The van der Waals surface area contributed by atoms with Crippen LogP contribution in [0.2, 0.25) is 0 Å². The number of hydrogen-bond acceptors (Lipinski definition) is 2. The van der Waals surface area contributed by atoms with Crippen LogP contribution in [0.25, 0.3) is 11.1 Å². The Morgan fingerprint density at radius 1 is 0.966 bits per heavy atom. The monoisotopic (exact) mass is 382 g/mol. The molecule has 1 aromatic heterocycles. The van der Waals surface area contributed by atoms with E-state index in [1.165, 1.54) is 5.57 Å². The molecule has 3 aromatic rings. The zero-order valence-corrected chi connectivity index (χ0v) is 17.2. The highest BCUT2D eigenvalue weighted by Crippen LogP contribution is 2.42. The Kier molecular flexibility index (Phi) is 5.30. The summed E-state index contributed by atoms with van der Waals surface area (Å²) in [6, 6.07) is 22.7. The lowest BCUT2D eigenvalue weighted by atomic mass is 9.87. The molecule has 2 atom stereocenters. The predicted octanol–water partition coefficient (Wildman–Crippen LogP) is 6.04. The van der Waals surface area contributed by atoms with Crippen LogP contribution < -0.4 is 0 Å². The summed E-state index contributed by atoms with van der Waals surface area (Å²) in [6.07, 6.45) is 5.00. The second-order valence-electron chi connectivity index (χ2n) is 7.71. The molecule has 0 bridgehead atoms. The van der Waals surface area contributed by atoms with Crippen molar-refractivity contribution in [2.45, 2.75) is 39.3 Å². The van der Waals surface area contributed by atoms with Crippen molar-refractivity contribution in [3.8, 4) is 11.1 Å². The standard InChI is InChI=1S/C26H26N2O/c1-18-14-15-25(28(20(3)29)26(18)22-12-8-5-9-13-22)23-16-24(19(2)27-17-23)21-10-6-4-7-11-21/h4-14,16-17,25-26H,15H2,1-3H3/t25-,26+/m1/s1. The molecule has 3 nitrogen and oxygen atoms in total. The largest absolute Gasteiger partial charge is 0.325 e. The molecule has 0 spiro atoms. The molecule has 4 rings (SSSR count). The van der Waals surface area contributed by atoms with Crippen molar-refractivity contribution in [3.63, 3.8) is 0 Å². The molecule has 0 radical (unpaired) electrons. The number of rotatable bonds is 3. The van der Waals surface area contributed by atoms with Crippen molar-refractivity contribution in [1.29, 1.82) is 0 Å². The summed E-state index contributed by atoms with van der Waals surface area (Å²) in [5, 5.41) is 0. The molecule has 0 aliphatic carbocycles. The fourth-order valence-corrected chi connectivity index (χ4v) is 4.32. The second kappa shape index (κ2) is 8.04. The molecule has 3 heteroatoms. The van der Waals surface area contributed by atoms with Crippen molar-refractivity contribution in [2.75, 3.05) is 0 Å². The number of carbonyl (C=O) groups is 1. The molecule has 29 heavy (non-hydrogen) atoms. The van der Waals surface area contributed by atoms with Crippen molar-refractivity contribution < 1.29 is 4.79 Å². The molecular weight excluding hydrogens is 356 g/mol. The molecule has 0 unspecified atom stereocenters. The van der Waals surface area contributed by atoms with Crippen LogP contribution in [0.1, 0.15) is 49.2 Å². The average molecular weight is 383 g/mol. The Balaban J connectivity index is 1.79. The number of nitrogens with zero attached hydrogens (tertiary/aromatic N) is 2. The topological polar surface area (TPSA) is 33.2 Å². The van der Waals surface area contributed by atoms with Gasteiger partial charge in [-0.15, -0.1) is 0 Å². The van der Waals surface area contributed by atoms with Gasteiger partial charge in [-0.1, -0.05) is 72.3 Å². The van der Waals surface area contributed by atoms with Gasteiger partial charge in [0.2, 0.25) is 5.91 Å². The van der Waals surface area contributed by atoms with E-state index in [0.717, 1.165) is 34.4 Å². The zero-order valence-electron chi connectivity index (χ0n) is 17.2. The van der Waals surface area contributed by atoms with E-state index in [4.69, 9.17) is 0 Å². The van der Waals surface area contributed by atoms with Crippen LogP contribution >= 0.6 is 0 Å². The van der Waals surface area contributed by atoms with Crippen LogP contribution in [0.4, 0.5) is 0 Å². The molecule has 2 aromatic carbocycles. The maximum absolute atomic E-state index is 12.8. The van der Waals surface area contributed by atoms with Crippen LogP contribution in [-0.2, 0) is 4.79 Å². The van der Waals surface area contributed by atoms with E-state index < -0.39 is 0 Å². The molecule has 0 fully saturated rings. The van der Waals surface area contributed by atoms with Gasteiger partial charge in [-0.2, -0.15) is 0 Å². The number of aromatic nitrogens is 1. The van der Waals surface area contributed by atoms with Crippen LogP contribution in [0.15, 0.2) is 84.6 Å². The highest BCUT2D eigenvalue weighted by atomic mass is 16.2. The van der Waals surface area contributed by atoms with E-state index in [1.54, 1.807) is 6.92 Å². The van der Waals surface area contributed by atoms with Gasteiger partial charge in [0.25, 0.3) is 0 Å². The number of carbonyl (C=O) groups excluding carboxylic acids is 1. The summed E-state index contributed by atoms with van der Waals surface area (Å²) in [6.45, 7) is 5.82. The molecule has 2 heterocycles. The minimum Gasteiger partial charge on any atom is -0.325 e. The second-order valence-corrected chi connectivity index (χ2v) is 7.71. The molecule has 1 aliphatic heterocycles. The molecule has 0 N–H and O–H groups in total. The fourth-order valence-electron chi connectivity index (χ4n) is 4.32. The summed E-state index contributed by atoms with van der Waals surface area (Å²) >= 11 is 0. The van der Waals surface area contributed by atoms with Crippen molar-refractivity contribution in [2.24, 2.45) is 0 Å². The predicted molar refractivity (Wildman–Crippen MR) is 117 cm³/mol. The van der Waals surface area contributed by atoms with Crippen molar-refractivity contribution in [1.82, 2.24) is 9.88 Å². The summed E-state index contributed by atoms with van der Waals surface area (Å²) in [5.41, 5.74) is 6.70. The number of amides is 1. The number of hydrogen-bond donors (Lipinski definition) is 0. The molecule has 146 valence electrons.